The van der Waals surface area contributed by atoms with Crippen LogP contribution in [0, 0.1) is 17.8 Å². The van der Waals surface area contributed by atoms with Crippen LogP contribution in [0.1, 0.15) is 67.4 Å². The highest BCUT2D eigenvalue weighted by molar-refractivity contribution is 7.90. The van der Waals surface area contributed by atoms with Gasteiger partial charge < -0.3 is 14.4 Å². The minimum Gasteiger partial charge on any atom is -0.490 e. The molecule has 1 spiro atoms. The molecule has 4 aliphatic rings. The number of fused-ring (bicyclic) bond motifs is 4. The van der Waals surface area contributed by atoms with Gasteiger partial charge in [0, 0.05) is 36.2 Å². The molecule has 5 atom stereocenters. The van der Waals surface area contributed by atoms with E-state index in [1.165, 1.54) is 11.1 Å². The molecule has 2 aromatic rings. The van der Waals surface area contributed by atoms with Crippen molar-refractivity contribution in [2.45, 2.75) is 63.9 Å². The highest BCUT2D eigenvalue weighted by Crippen LogP contribution is 2.47. The number of hydrogen-bond acceptors (Lipinski definition) is 6. The summed E-state index contributed by atoms with van der Waals surface area (Å²) in [7, 11) is -2.02. The standard InChI is InChI=1S/C33H41ClN2O5S/c1-21-12-14-42(38,39)35-32(37)24-7-11-30-29(17-24)36(18-25-6-9-27(25)31(40-3)22(2)15-21)19-33(20-41-30)13-4-5-23-16-26(34)8-10-28(23)33/h7-8,10-11,15-17,21,25,27,31H,4-6,9,12-14,18-20H2,1-3H3,(H,35,37)/b22-15+/t21?,25-,27+,31-,33-/m0/s1. The molecule has 2 aliphatic heterocycles. The number of hydrogen-bond donors (Lipinski definition) is 1. The molecule has 2 heterocycles. The molecule has 1 amide bonds. The van der Waals surface area contributed by atoms with E-state index in [0.717, 1.165) is 67.2 Å². The van der Waals surface area contributed by atoms with E-state index in [1.54, 1.807) is 13.2 Å². The average molecular weight is 613 g/mol. The maximum Gasteiger partial charge on any atom is 0.264 e. The summed E-state index contributed by atoms with van der Waals surface area (Å²) in [6.07, 6.45) is 7.78. The lowest BCUT2D eigenvalue weighted by Crippen LogP contribution is -2.50. The first-order valence-corrected chi connectivity index (χ1v) is 17.2. The zero-order chi connectivity index (χ0) is 29.6. The molecular formula is C33H41ClN2O5S. The van der Waals surface area contributed by atoms with Gasteiger partial charge >= 0.3 is 0 Å². The molecule has 1 fully saturated rings. The third-order valence-corrected chi connectivity index (χ3v) is 11.5. The van der Waals surface area contributed by atoms with Crippen molar-refractivity contribution >= 4 is 33.2 Å². The van der Waals surface area contributed by atoms with E-state index in [1.807, 2.05) is 25.1 Å². The van der Waals surface area contributed by atoms with Gasteiger partial charge in [-0.2, -0.15) is 0 Å². The lowest BCUT2D eigenvalue weighted by Gasteiger charge is -2.46. The van der Waals surface area contributed by atoms with Crippen molar-refractivity contribution in [1.29, 1.82) is 0 Å². The van der Waals surface area contributed by atoms with Crippen molar-refractivity contribution in [3.8, 4) is 5.75 Å². The number of carbonyl (C=O) groups excluding carboxylic acids is 1. The van der Waals surface area contributed by atoms with Crippen LogP contribution in [0.2, 0.25) is 5.02 Å². The molecule has 0 aromatic heterocycles. The number of amides is 1. The number of halogens is 1. The van der Waals surface area contributed by atoms with Crippen LogP contribution in [-0.4, -0.2) is 53.0 Å². The number of nitrogens with zero attached hydrogens (tertiary/aromatic N) is 1. The van der Waals surface area contributed by atoms with Gasteiger partial charge in [0.2, 0.25) is 10.0 Å². The van der Waals surface area contributed by atoms with Gasteiger partial charge in [-0.15, -0.1) is 0 Å². The number of ether oxygens (including phenoxy) is 2. The monoisotopic (exact) mass is 612 g/mol. The van der Waals surface area contributed by atoms with Crippen molar-refractivity contribution < 1.29 is 22.7 Å². The first-order valence-electron chi connectivity index (χ1n) is 15.1. The Morgan fingerprint density at radius 1 is 1.14 bits per heavy atom. The molecule has 9 heteroatoms. The van der Waals surface area contributed by atoms with Crippen LogP contribution < -0.4 is 14.4 Å². The van der Waals surface area contributed by atoms with E-state index in [-0.39, 0.29) is 23.2 Å². The normalized spacial score (nSPS) is 32.2. The summed E-state index contributed by atoms with van der Waals surface area (Å²) in [5.74, 6) is 0.797. The molecule has 1 saturated carbocycles. The Kier molecular flexibility index (Phi) is 8.09. The smallest absolute Gasteiger partial charge is 0.264 e. The molecule has 226 valence electrons. The molecule has 2 aliphatic carbocycles. The summed E-state index contributed by atoms with van der Waals surface area (Å²) in [5, 5.41) is 0.750. The third kappa shape index (κ3) is 5.70. The zero-order valence-corrected chi connectivity index (χ0v) is 26.3. The Labute approximate surface area is 254 Å². The number of nitrogens with one attached hydrogen (secondary N) is 1. The number of anilines is 1. The molecule has 1 N–H and O–H groups in total. The van der Waals surface area contributed by atoms with Crippen LogP contribution in [-0.2, 0) is 26.6 Å². The van der Waals surface area contributed by atoms with Gasteiger partial charge in [-0.1, -0.05) is 30.7 Å². The van der Waals surface area contributed by atoms with Gasteiger partial charge in [0.1, 0.15) is 5.75 Å². The number of allylic oxidation sites excluding steroid dienone is 1. The second-order valence-corrected chi connectivity index (χ2v) is 15.1. The van der Waals surface area contributed by atoms with E-state index >= 15 is 0 Å². The molecular weight excluding hydrogens is 572 g/mol. The highest BCUT2D eigenvalue weighted by Gasteiger charge is 2.45. The fourth-order valence-corrected chi connectivity index (χ4v) is 9.06. The summed E-state index contributed by atoms with van der Waals surface area (Å²) >= 11 is 6.41. The zero-order valence-electron chi connectivity index (χ0n) is 24.7. The maximum absolute atomic E-state index is 13.2. The van der Waals surface area contributed by atoms with Crippen LogP contribution in [0.4, 0.5) is 5.69 Å². The van der Waals surface area contributed by atoms with Crippen molar-refractivity contribution in [2.24, 2.45) is 17.8 Å². The number of carbonyl (C=O) groups is 1. The summed E-state index contributed by atoms with van der Waals surface area (Å²) in [6.45, 7) is 6.19. The molecule has 0 saturated heterocycles. The van der Waals surface area contributed by atoms with Gasteiger partial charge in [0.25, 0.3) is 5.91 Å². The fraction of sp³-hybridized carbons (Fsp3) is 0.545. The minimum absolute atomic E-state index is 0.0176. The SMILES string of the molecule is CO[C@H]1/C(C)=C/C(C)CCS(=O)(=O)NC(=O)c2ccc3c(c2)N(C[C@@H]2CC[C@H]21)C[C@@]1(CCCc2cc(Cl)ccc21)CO3. The lowest BCUT2D eigenvalue weighted by molar-refractivity contribution is 0.00601. The van der Waals surface area contributed by atoms with Gasteiger partial charge in [-0.3, -0.25) is 4.79 Å². The molecule has 1 unspecified atom stereocenters. The van der Waals surface area contributed by atoms with Crippen molar-refractivity contribution in [3.63, 3.8) is 0 Å². The van der Waals surface area contributed by atoms with E-state index in [2.05, 4.69) is 34.8 Å². The number of rotatable bonds is 1. The predicted octanol–water partition coefficient (Wildman–Crippen LogP) is 5.90. The molecule has 0 radical (unpaired) electrons. The molecule has 2 aromatic carbocycles. The van der Waals surface area contributed by atoms with Crippen molar-refractivity contribution in [2.75, 3.05) is 37.5 Å². The lowest BCUT2D eigenvalue weighted by atomic mass is 9.67. The van der Waals surface area contributed by atoms with Gasteiger partial charge in [0.15, 0.2) is 0 Å². The Morgan fingerprint density at radius 3 is 2.74 bits per heavy atom. The predicted molar refractivity (Wildman–Crippen MR) is 166 cm³/mol. The van der Waals surface area contributed by atoms with E-state index in [4.69, 9.17) is 21.1 Å². The van der Waals surface area contributed by atoms with Crippen molar-refractivity contribution in [1.82, 2.24) is 4.72 Å². The largest absolute Gasteiger partial charge is 0.490 e. The van der Waals surface area contributed by atoms with Gasteiger partial charge in [0.05, 0.1) is 24.2 Å². The third-order valence-electron chi connectivity index (χ3n) is 9.96. The molecule has 7 nitrogen and oxygen atoms in total. The minimum atomic E-state index is -3.80. The Hall–Kier alpha value is -2.55. The second kappa shape index (κ2) is 11.5. The summed E-state index contributed by atoms with van der Waals surface area (Å²) in [4.78, 5) is 15.6. The van der Waals surface area contributed by atoms with Crippen LogP contribution in [0.5, 0.6) is 5.75 Å². The number of benzene rings is 2. The molecule has 2 bridgehead atoms. The molecule has 42 heavy (non-hydrogen) atoms. The van der Waals surface area contributed by atoms with Crippen molar-refractivity contribution in [3.05, 3.63) is 69.8 Å². The second-order valence-electron chi connectivity index (χ2n) is 12.9. The maximum atomic E-state index is 13.2. The number of aryl methyl sites for hydroxylation is 1. The Balaban J connectivity index is 1.43. The Bertz CT molecular complexity index is 1510. The number of methoxy groups -OCH3 is 1. The van der Waals surface area contributed by atoms with Crippen LogP contribution >= 0.6 is 11.6 Å². The molecule has 6 rings (SSSR count). The van der Waals surface area contributed by atoms with Crippen LogP contribution in [0.3, 0.4) is 0 Å². The first-order chi connectivity index (χ1) is 20.1. The summed E-state index contributed by atoms with van der Waals surface area (Å²) < 4.78 is 40.7. The first kappa shape index (κ1) is 29.5. The summed E-state index contributed by atoms with van der Waals surface area (Å²) in [5.41, 5.74) is 4.63. The Morgan fingerprint density at radius 2 is 1.98 bits per heavy atom. The quantitative estimate of drug-likeness (QED) is 0.404. The topological polar surface area (TPSA) is 84.9 Å². The van der Waals surface area contributed by atoms with Gasteiger partial charge in [-0.25, -0.2) is 13.1 Å². The number of sulfonamides is 1. The average Bonchev–Trinajstić information content (AvgIpc) is 3.09. The summed E-state index contributed by atoms with van der Waals surface area (Å²) in [6, 6.07) is 11.5. The van der Waals surface area contributed by atoms with E-state index in [9.17, 15) is 13.2 Å². The fourth-order valence-electron chi connectivity index (χ4n) is 7.68. The van der Waals surface area contributed by atoms with Crippen LogP contribution in [0.25, 0.3) is 0 Å². The highest BCUT2D eigenvalue weighted by atomic mass is 35.5. The van der Waals surface area contributed by atoms with Crippen LogP contribution in [0.15, 0.2) is 48.0 Å². The van der Waals surface area contributed by atoms with E-state index in [0.29, 0.717) is 30.4 Å². The van der Waals surface area contributed by atoms with Gasteiger partial charge in [-0.05, 0) is 110 Å². The van der Waals surface area contributed by atoms with E-state index < -0.39 is 15.9 Å².